The highest BCUT2D eigenvalue weighted by molar-refractivity contribution is 5.99. The summed E-state index contributed by atoms with van der Waals surface area (Å²) in [6, 6.07) is 10.4. The second-order valence-electron chi connectivity index (χ2n) is 8.31. The van der Waals surface area contributed by atoms with Crippen molar-refractivity contribution in [1.82, 2.24) is 4.90 Å². The van der Waals surface area contributed by atoms with E-state index in [0.717, 1.165) is 19.4 Å². The molecule has 3 aromatic rings. The lowest BCUT2D eigenvalue weighted by Crippen LogP contribution is -2.36. The number of para-hydroxylation sites is 1. The number of ether oxygens (including phenoxy) is 2. The topological polar surface area (TPSA) is 89.2 Å². The zero-order valence-electron chi connectivity index (χ0n) is 19.2. The van der Waals surface area contributed by atoms with Gasteiger partial charge in [0.2, 0.25) is 11.2 Å². The number of hydrogen-bond acceptors (Lipinski definition) is 7. The zero-order valence-corrected chi connectivity index (χ0v) is 19.2. The van der Waals surface area contributed by atoms with E-state index >= 15 is 0 Å². The Morgan fingerprint density at radius 1 is 1.21 bits per heavy atom. The maximum absolute atomic E-state index is 13.7. The fourth-order valence-electron chi connectivity index (χ4n) is 4.49. The van der Waals surface area contributed by atoms with Gasteiger partial charge in [-0.3, -0.25) is 9.69 Å². The van der Waals surface area contributed by atoms with Crippen LogP contribution in [0.4, 0.5) is 0 Å². The van der Waals surface area contributed by atoms with Crippen molar-refractivity contribution in [3.8, 4) is 22.6 Å². The Morgan fingerprint density at radius 3 is 2.73 bits per heavy atom. The molecule has 0 bridgehead atoms. The third-order valence-electron chi connectivity index (χ3n) is 6.28. The Bertz CT molecular complexity index is 1230. The first-order valence-corrected chi connectivity index (χ1v) is 11.3. The summed E-state index contributed by atoms with van der Waals surface area (Å²) in [6.07, 6.45) is 3.32. The molecule has 33 heavy (non-hydrogen) atoms. The van der Waals surface area contributed by atoms with Gasteiger partial charge in [-0.05, 0) is 51.4 Å². The summed E-state index contributed by atoms with van der Waals surface area (Å²) < 4.78 is 16.8. The summed E-state index contributed by atoms with van der Waals surface area (Å²) >= 11 is 0. The number of rotatable bonds is 6. The van der Waals surface area contributed by atoms with Gasteiger partial charge in [-0.2, -0.15) is 0 Å². The van der Waals surface area contributed by atoms with Gasteiger partial charge < -0.3 is 19.0 Å². The number of phenolic OH excluding ortho intramolecular Hbond substituents is 1. The number of nitrogens with zero attached hydrogens (tertiary/aromatic N) is 1. The van der Waals surface area contributed by atoms with E-state index in [4.69, 9.17) is 13.9 Å². The summed E-state index contributed by atoms with van der Waals surface area (Å²) in [4.78, 5) is 28.9. The van der Waals surface area contributed by atoms with Gasteiger partial charge in [0.1, 0.15) is 17.1 Å². The molecule has 4 rings (SSSR count). The zero-order chi connectivity index (χ0) is 23.5. The quantitative estimate of drug-likeness (QED) is 0.542. The molecule has 7 heteroatoms. The number of carbonyl (C=O) groups is 1. The summed E-state index contributed by atoms with van der Waals surface area (Å²) in [7, 11) is 1.50. The lowest BCUT2D eigenvalue weighted by molar-refractivity contribution is 0.0491. The molecule has 1 fully saturated rings. The smallest absolute Gasteiger partial charge is 0.375 e. The predicted octanol–water partition coefficient (Wildman–Crippen LogP) is 4.73. The van der Waals surface area contributed by atoms with Crippen LogP contribution in [0.25, 0.3) is 22.1 Å². The van der Waals surface area contributed by atoms with E-state index in [0.29, 0.717) is 34.8 Å². The molecule has 1 N–H and O–H groups in total. The highest BCUT2D eigenvalue weighted by Gasteiger charge is 2.28. The van der Waals surface area contributed by atoms with Crippen molar-refractivity contribution in [1.29, 1.82) is 0 Å². The molecule has 1 aromatic heterocycles. The second-order valence-corrected chi connectivity index (χ2v) is 8.31. The van der Waals surface area contributed by atoms with Crippen LogP contribution in [0.1, 0.15) is 49.2 Å². The van der Waals surface area contributed by atoms with Crippen LogP contribution in [-0.2, 0) is 11.3 Å². The molecule has 1 atom stereocenters. The number of esters is 1. The third kappa shape index (κ3) is 4.33. The van der Waals surface area contributed by atoms with E-state index in [1.165, 1.54) is 25.7 Å². The van der Waals surface area contributed by atoms with E-state index in [9.17, 15) is 14.7 Å². The second kappa shape index (κ2) is 9.67. The van der Waals surface area contributed by atoms with Crippen LogP contribution in [0.2, 0.25) is 0 Å². The van der Waals surface area contributed by atoms with Crippen LogP contribution in [0.3, 0.4) is 0 Å². The first kappa shape index (κ1) is 22.9. The fraction of sp³-hybridized carbons (Fsp3) is 0.385. The number of carbonyl (C=O) groups excluding carboxylic acids is 1. The van der Waals surface area contributed by atoms with Gasteiger partial charge in [0, 0.05) is 18.2 Å². The van der Waals surface area contributed by atoms with Crippen LogP contribution < -0.4 is 10.2 Å². The Hall–Kier alpha value is -3.32. The summed E-state index contributed by atoms with van der Waals surface area (Å²) in [5.74, 6) is -0.463. The van der Waals surface area contributed by atoms with Gasteiger partial charge in [0.05, 0.1) is 30.2 Å². The number of aromatic hydroxyl groups is 1. The summed E-state index contributed by atoms with van der Waals surface area (Å²) in [6.45, 7) is 5.29. The van der Waals surface area contributed by atoms with Crippen molar-refractivity contribution in [3.63, 3.8) is 0 Å². The minimum atomic E-state index is -0.738. The standard InChI is InChI=1S/C26H29NO6/c1-4-32-26(30)25-22(17-10-5-6-11-21(17)31-3)23(29)18-12-13-20(28)19(24(18)33-25)15-27-14-8-7-9-16(27)2/h5-6,10-13,16,28H,4,7-9,14-15H2,1-3H3/t16-/m1/s1. The highest BCUT2D eigenvalue weighted by Crippen LogP contribution is 2.35. The van der Waals surface area contributed by atoms with Crippen molar-refractivity contribution >= 4 is 16.9 Å². The van der Waals surface area contributed by atoms with E-state index in [-0.39, 0.29) is 34.7 Å². The average Bonchev–Trinajstić information content (AvgIpc) is 2.82. The average molecular weight is 452 g/mol. The van der Waals surface area contributed by atoms with Crippen molar-refractivity contribution in [2.45, 2.75) is 45.7 Å². The summed E-state index contributed by atoms with van der Waals surface area (Å²) in [5, 5.41) is 11.0. The Morgan fingerprint density at radius 2 is 2.00 bits per heavy atom. The van der Waals surface area contributed by atoms with Crippen LogP contribution >= 0.6 is 0 Å². The van der Waals surface area contributed by atoms with E-state index in [2.05, 4.69) is 11.8 Å². The van der Waals surface area contributed by atoms with Crippen LogP contribution in [0.15, 0.2) is 45.6 Å². The molecule has 1 aliphatic rings. The Kier molecular flexibility index (Phi) is 6.70. The van der Waals surface area contributed by atoms with Crippen molar-refractivity contribution in [2.75, 3.05) is 20.3 Å². The van der Waals surface area contributed by atoms with Gasteiger partial charge in [0.25, 0.3) is 0 Å². The van der Waals surface area contributed by atoms with Crippen molar-refractivity contribution < 1.29 is 23.8 Å². The maximum Gasteiger partial charge on any atom is 0.375 e. The van der Waals surface area contributed by atoms with Gasteiger partial charge >= 0.3 is 5.97 Å². The van der Waals surface area contributed by atoms with E-state index in [1.807, 2.05) is 0 Å². The van der Waals surface area contributed by atoms with Gasteiger partial charge in [-0.25, -0.2) is 4.79 Å². The maximum atomic E-state index is 13.7. The number of methoxy groups -OCH3 is 1. The first-order valence-electron chi connectivity index (χ1n) is 11.3. The highest BCUT2D eigenvalue weighted by atomic mass is 16.5. The molecule has 174 valence electrons. The van der Waals surface area contributed by atoms with Gasteiger partial charge in [-0.15, -0.1) is 0 Å². The molecule has 7 nitrogen and oxygen atoms in total. The lowest BCUT2D eigenvalue weighted by Gasteiger charge is -2.33. The number of piperidine rings is 1. The largest absolute Gasteiger partial charge is 0.507 e. The molecule has 0 unspecified atom stereocenters. The molecule has 2 aromatic carbocycles. The van der Waals surface area contributed by atoms with Gasteiger partial charge in [-0.1, -0.05) is 24.6 Å². The predicted molar refractivity (Wildman–Crippen MR) is 126 cm³/mol. The first-order chi connectivity index (χ1) is 16.0. The molecular weight excluding hydrogens is 422 g/mol. The van der Waals surface area contributed by atoms with E-state index in [1.54, 1.807) is 31.2 Å². The molecule has 1 saturated heterocycles. The minimum Gasteiger partial charge on any atom is -0.507 e. The molecule has 0 amide bonds. The molecular formula is C26H29NO6. The number of benzene rings is 2. The lowest BCUT2D eigenvalue weighted by atomic mass is 9.98. The van der Waals surface area contributed by atoms with Crippen molar-refractivity contribution in [2.24, 2.45) is 0 Å². The minimum absolute atomic E-state index is 0.0308. The SMILES string of the molecule is CCOC(=O)c1oc2c(CN3CCCC[C@H]3C)c(O)ccc2c(=O)c1-c1ccccc1OC. The van der Waals surface area contributed by atoms with Crippen LogP contribution in [-0.4, -0.2) is 42.3 Å². The molecule has 0 spiro atoms. The molecule has 0 aliphatic carbocycles. The van der Waals surface area contributed by atoms with Crippen LogP contribution in [0, 0.1) is 0 Å². The third-order valence-corrected chi connectivity index (χ3v) is 6.28. The number of phenols is 1. The molecule has 2 heterocycles. The summed E-state index contributed by atoms with van der Waals surface area (Å²) in [5.41, 5.74) is 0.853. The molecule has 0 radical (unpaired) electrons. The molecule has 0 saturated carbocycles. The Labute approximate surface area is 192 Å². The molecule has 1 aliphatic heterocycles. The monoisotopic (exact) mass is 451 g/mol. The number of fused-ring (bicyclic) bond motifs is 1. The van der Waals surface area contributed by atoms with Crippen LogP contribution in [0.5, 0.6) is 11.5 Å². The van der Waals surface area contributed by atoms with Crippen molar-refractivity contribution in [3.05, 3.63) is 57.9 Å². The van der Waals surface area contributed by atoms with E-state index < -0.39 is 5.97 Å². The number of hydrogen-bond donors (Lipinski definition) is 1. The normalized spacial score (nSPS) is 16.6. The fourth-order valence-corrected chi connectivity index (χ4v) is 4.49. The Balaban J connectivity index is 1.97. The van der Waals surface area contributed by atoms with Gasteiger partial charge in [0.15, 0.2) is 0 Å². The number of likely N-dealkylation sites (tertiary alicyclic amines) is 1.